The van der Waals surface area contributed by atoms with E-state index in [0.717, 1.165) is 0 Å². The molecule has 0 amide bonds. The lowest BCUT2D eigenvalue weighted by Gasteiger charge is -2.15. The van der Waals surface area contributed by atoms with Gasteiger partial charge in [0.25, 0.3) is 0 Å². The quantitative estimate of drug-likeness (QED) is 0.887. The zero-order valence-electron chi connectivity index (χ0n) is 11.8. The number of hydrogen-bond donors (Lipinski definition) is 2. The average Bonchev–Trinajstić information content (AvgIpc) is 2.82. The van der Waals surface area contributed by atoms with Crippen LogP contribution in [0.15, 0.2) is 48.5 Å². The molecule has 0 bridgehead atoms. The third-order valence-electron chi connectivity index (χ3n) is 3.86. The monoisotopic (exact) mass is 302 g/mol. The highest BCUT2D eigenvalue weighted by Crippen LogP contribution is 2.42. The molecule has 2 aromatic rings. The highest BCUT2D eigenvalue weighted by Gasteiger charge is 2.27. The summed E-state index contributed by atoms with van der Waals surface area (Å²) in [5.41, 5.74) is 4.87. The molecule has 1 aliphatic carbocycles. The minimum atomic E-state index is -3.18. The van der Waals surface area contributed by atoms with Gasteiger partial charge in [0.05, 0.1) is 11.8 Å². The van der Waals surface area contributed by atoms with E-state index >= 15 is 0 Å². The van der Waals surface area contributed by atoms with Crippen LogP contribution in [0.1, 0.15) is 17.2 Å². The molecule has 0 aliphatic heterocycles. The molecule has 0 spiro atoms. The summed E-state index contributed by atoms with van der Waals surface area (Å²) in [6, 6.07) is 16.6. The molecule has 110 valence electrons. The van der Waals surface area contributed by atoms with E-state index in [0.29, 0.717) is 6.54 Å². The molecule has 0 radical (unpaired) electrons. The Labute approximate surface area is 125 Å². The van der Waals surface area contributed by atoms with E-state index in [1.807, 2.05) is 24.3 Å². The van der Waals surface area contributed by atoms with E-state index < -0.39 is 10.0 Å². The van der Waals surface area contributed by atoms with Gasteiger partial charge >= 0.3 is 0 Å². The summed E-state index contributed by atoms with van der Waals surface area (Å²) >= 11 is 0. The van der Waals surface area contributed by atoms with Crippen molar-refractivity contribution in [2.75, 3.05) is 19.3 Å². The Morgan fingerprint density at radius 3 is 2.00 bits per heavy atom. The third-order valence-corrected chi connectivity index (χ3v) is 5.23. The number of sulfonamides is 1. The maximum Gasteiger partial charge on any atom is 0.212 e. The van der Waals surface area contributed by atoms with Crippen LogP contribution in [0, 0.1) is 0 Å². The van der Waals surface area contributed by atoms with E-state index in [1.54, 1.807) is 0 Å². The molecule has 0 aromatic heterocycles. The number of rotatable bonds is 5. The lowest BCUT2D eigenvalue weighted by atomic mass is 10.1. The SMILES string of the molecule is CNS(=O)(=O)CCNC1c2ccccc2-c2ccccc21. The van der Waals surface area contributed by atoms with Crippen molar-refractivity contribution in [2.45, 2.75) is 6.04 Å². The zero-order valence-corrected chi connectivity index (χ0v) is 12.7. The van der Waals surface area contributed by atoms with Crippen LogP contribution in [0.5, 0.6) is 0 Å². The largest absolute Gasteiger partial charge is 0.305 e. The summed E-state index contributed by atoms with van der Waals surface area (Å²) in [6.45, 7) is 0.413. The van der Waals surface area contributed by atoms with E-state index in [4.69, 9.17) is 0 Å². The number of benzene rings is 2. The van der Waals surface area contributed by atoms with Gasteiger partial charge in [0.1, 0.15) is 0 Å². The normalized spacial score (nSPS) is 14.0. The molecule has 1 aliphatic rings. The maximum absolute atomic E-state index is 11.5. The molecular weight excluding hydrogens is 284 g/mol. The molecule has 0 unspecified atom stereocenters. The first kappa shape index (κ1) is 14.3. The Morgan fingerprint density at radius 2 is 1.48 bits per heavy atom. The smallest absolute Gasteiger partial charge is 0.212 e. The summed E-state index contributed by atoms with van der Waals surface area (Å²) in [7, 11) is -1.74. The Balaban J connectivity index is 1.86. The van der Waals surface area contributed by atoms with Crippen molar-refractivity contribution < 1.29 is 8.42 Å². The van der Waals surface area contributed by atoms with Crippen LogP contribution >= 0.6 is 0 Å². The van der Waals surface area contributed by atoms with Crippen LogP contribution in [-0.4, -0.2) is 27.8 Å². The second-order valence-electron chi connectivity index (χ2n) is 5.08. The summed E-state index contributed by atoms with van der Waals surface area (Å²) < 4.78 is 25.4. The Kier molecular flexibility index (Phi) is 3.80. The van der Waals surface area contributed by atoms with Gasteiger partial charge in [0.2, 0.25) is 10.0 Å². The topological polar surface area (TPSA) is 58.2 Å². The van der Waals surface area contributed by atoms with Crippen LogP contribution in [0.3, 0.4) is 0 Å². The lowest BCUT2D eigenvalue weighted by Crippen LogP contribution is -2.31. The molecule has 0 fully saturated rings. The number of fused-ring (bicyclic) bond motifs is 3. The van der Waals surface area contributed by atoms with Gasteiger partial charge in [0.15, 0.2) is 0 Å². The first-order chi connectivity index (χ1) is 10.1. The summed E-state index contributed by atoms with van der Waals surface area (Å²) in [4.78, 5) is 0. The molecule has 0 saturated carbocycles. The lowest BCUT2D eigenvalue weighted by molar-refractivity contribution is 0.577. The van der Waals surface area contributed by atoms with Crippen molar-refractivity contribution in [1.29, 1.82) is 0 Å². The second-order valence-corrected chi connectivity index (χ2v) is 7.13. The molecular formula is C16H18N2O2S. The van der Waals surface area contributed by atoms with Crippen LogP contribution < -0.4 is 10.0 Å². The van der Waals surface area contributed by atoms with Crippen molar-refractivity contribution >= 4 is 10.0 Å². The van der Waals surface area contributed by atoms with Gasteiger partial charge in [-0.2, -0.15) is 0 Å². The first-order valence-electron chi connectivity index (χ1n) is 6.95. The van der Waals surface area contributed by atoms with Crippen molar-refractivity contribution in [3.8, 4) is 11.1 Å². The fraction of sp³-hybridized carbons (Fsp3) is 0.250. The Hall–Kier alpha value is -1.69. The van der Waals surface area contributed by atoms with Crippen molar-refractivity contribution in [3.63, 3.8) is 0 Å². The summed E-state index contributed by atoms with van der Waals surface area (Å²) in [6.07, 6.45) is 0. The average molecular weight is 302 g/mol. The maximum atomic E-state index is 11.5. The molecule has 0 saturated heterocycles. The molecule has 21 heavy (non-hydrogen) atoms. The predicted octanol–water partition coefficient (Wildman–Crippen LogP) is 1.90. The highest BCUT2D eigenvalue weighted by molar-refractivity contribution is 7.89. The van der Waals surface area contributed by atoms with E-state index in [1.165, 1.54) is 29.3 Å². The first-order valence-corrected chi connectivity index (χ1v) is 8.60. The molecule has 2 N–H and O–H groups in total. The Morgan fingerprint density at radius 1 is 0.952 bits per heavy atom. The van der Waals surface area contributed by atoms with Crippen molar-refractivity contribution in [3.05, 3.63) is 59.7 Å². The molecule has 4 nitrogen and oxygen atoms in total. The second kappa shape index (κ2) is 5.60. The molecule has 2 aromatic carbocycles. The van der Waals surface area contributed by atoms with Gasteiger partial charge in [-0.3, -0.25) is 0 Å². The van der Waals surface area contributed by atoms with E-state index in [9.17, 15) is 8.42 Å². The van der Waals surface area contributed by atoms with Crippen LogP contribution in [0.2, 0.25) is 0 Å². The number of hydrogen-bond acceptors (Lipinski definition) is 3. The van der Waals surface area contributed by atoms with Gasteiger partial charge in [-0.15, -0.1) is 0 Å². The zero-order chi connectivity index (χ0) is 14.9. The fourth-order valence-electron chi connectivity index (χ4n) is 2.82. The van der Waals surface area contributed by atoms with Crippen molar-refractivity contribution in [2.24, 2.45) is 0 Å². The molecule has 5 heteroatoms. The fourth-order valence-corrected chi connectivity index (χ4v) is 3.41. The number of nitrogens with one attached hydrogen (secondary N) is 2. The minimum Gasteiger partial charge on any atom is -0.305 e. The Bertz CT molecular complexity index is 711. The van der Waals surface area contributed by atoms with Crippen LogP contribution in [-0.2, 0) is 10.0 Å². The van der Waals surface area contributed by atoms with Gasteiger partial charge in [-0.1, -0.05) is 48.5 Å². The summed E-state index contributed by atoms with van der Waals surface area (Å²) in [5, 5.41) is 3.37. The third kappa shape index (κ3) is 2.72. The van der Waals surface area contributed by atoms with Gasteiger partial charge in [0, 0.05) is 6.54 Å². The van der Waals surface area contributed by atoms with Crippen LogP contribution in [0.25, 0.3) is 11.1 Å². The molecule has 0 heterocycles. The van der Waals surface area contributed by atoms with Gasteiger partial charge in [-0.05, 0) is 29.3 Å². The molecule has 3 rings (SSSR count). The predicted molar refractivity (Wildman–Crippen MR) is 84.6 cm³/mol. The highest BCUT2D eigenvalue weighted by atomic mass is 32.2. The van der Waals surface area contributed by atoms with Crippen molar-refractivity contribution in [1.82, 2.24) is 10.0 Å². The van der Waals surface area contributed by atoms with Gasteiger partial charge in [-0.25, -0.2) is 13.1 Å². The van der Waals surface area contributed by atoms with Gasteiger partial charge < -0.3 is 5.32 Å². The minimum absolute atomic E-state index is 0.0597. The molecule has 0 atom stereocenters. The summed E-state index contributed by atoms with van der Waals surface area (Å²) in [5.74, 6) is 0.0737. The van der Waals surface area contributed by atoms with E-state index in [2.05, 4.69) is 34.3 Å². The standard InChI is InChI=1S/C16H18N2O2S/c1-17-21(19,20)11-10-18-16-14-8-4-2-6-12(14)13-7-3-5-9-15(13)16/h2-9,16-18H,10-11H2,1H3. The van der Waals surface area contributed by atoms with E-state index in [-0.39, 0.29) is 11.8 Å². The van der Waals surface area contributed by atoms with Crippen LogP contribution in [0.4, 0.5) is 0 Å².